The Morgan fingerprint density at radius 3 is 2.96 bits per heavy atom. The Hall–Kier alpha value is -1.99. The van der Waals surface area contributed by atoms with Crippen molar-refractivity contribution in [1.29, 1.82) is 0 Å². The van der Waals surface area contributed by atoms with Crippen molar-refractivity contribution >= 4 is 39.9 Å². The number of Topliss-reactive ketones (excluding diaryl/α,β-unsaturated/α-hetero) is 1. The molecule has 0 spiro atoms. The molecule has 0 radical (unpaired) electrons. The number of carbonyl (C=O) groups is 1. The van der Waals surface area contributed by atoms with Gasteiger partial charge in [0.15, 0.2) is 16.6 Å². The molecule has 1 aliphatic rings. The van der Waals surface area contributed by atoms with Gasteiger partial charge in [0.2, 0.25) is 0 Å². The fourth-order valence-electron chi connectivity index (χ4n) is 2.41. The van der Waals surface area contributed by atoms with Crippen LogP contribution in [0.4, 0.5) is 0 Å². The highest BCUT2D eigenvalue weighted by Gasteiger charge is 2.29. The third-order valence-corrected chi connectivity index (χ3v) is 5.55. The summed E-state index contributed by atoms with van der Waals surface area (Å²) < 4.78 is 1.73. The van der Waals surface area contributed by atoms with E-state index in [2.05, 4.69) is 9.97 Å². The molecular weight excluding hydrogens is 330 g/mol. The van der Waals surface area contributed by atoms with Crippen molar-refractivity contribution < 1.29 is 4.79 Å². The third kappa shape index (κ3) is 2.82. The van der Waals surface area contributed by atoms with Crippen molar-refractivity contribution in [3.05, 3.63) is 51.1 Å². The number of aromatic nitrogens is 3. The molecule has 3 aromatic rings. The number of thiophene rings is 1. The predicted molar refractivity (Wildman–Crippen MR) is 91.4 cm³/mol. The predicted octanol–water partition coefficient (Wildman–Crippen LogP) is 3.16. The van der Waals surface area contributed by atoms with Gasteiger partial charge in [0.05, 0.1) is 16.0 Å². The second kappa shape index (κ2) is 5.90. The van der Waals surface area contributed by atoms with E-state index >= 15 is 0 Å². The number of hydrogen-bond donors (Lipinski definition) is 0. The zero-order chi connectivity index (χ0) is 15.8. The highest BCUT2D eigenvalue weighted by atomic mass is 32.2. The SMILES string of the molecule is O=C(CSc1nc2ncccc2c(=O)n1C1CC1)c1cccs1. The molecule has 0 amide bonds. The molecule has 0 aliphatic heterocycles. The van der Waals surface area contributed by atoms with Crippen LogP contribution in [0.2, 0.25) is 0 Å². The molecule has 3 aromatic heterocycles. The Bertz CT molecular complexity index is 930. The summed E-state index contributed by atoms with van der Waals surface area (Å²) in [4.78, 5) is 34.3. The van der Waals surface area contributed by atoms with Gasteiger partial charge in [-0.2, -0.15) is 0 Å². The summed E-state index contributed by atoms with van der Waals surface area (Å²) in [6, 6.07) is 7.38. The topological polar surface area (TPSA) is 64.8 Å². The normalized spacial score (nSPS) is 14.3. The number of pyridine rings is 1. The van der Waals surface area contributed by atoms with Crippen LogP contribution in [-0.2, 0) is 0 Å². The zero-order valence-corrected chi connectivity index (χ0v) is 13.8. The summed E-state index contributed by atoms with van der Waals surface area (Å²) in [6.07, 6.45) is 3.60. The summed E-state index contributed by atoms with van der Waals surface area (Å²) in [7, 11) is 0. The molecule has 116 valence electrons. The maximum atomic E-state index is 12.7. The lowest BCUT2D eigenvalue weighted by molar-refractivity contribution is 0.102. The number of carbonyl (C=O) groups excluding carboxylic acids is 1. The summed E-state index contributed by atoms with van der Waals surface area (Å²) in [5.41, 5.74) is 0.386. The fraction of sp³-hybridized carbons (Fsp3) is 0.250. The van der Waals surface area contributed by atoms with Gasteiger partial charge in [-0.25, -0.2) is 9.97 Å². The van der Waals surface area contributed by atoms with Gasteiger partial charge >= 0.3 is 0 Å². The molecule has 0 atom stereocenters. The Morgan fingerprint density at radius 1 is 1.35 bits per heavy atom. The molecule has 1 fully saturated rings. The molecule has 0 N–H and O–H groups in total. The van der Waals surface area contributed by atoms with Gasteiger partial charge in [-0.1, -0.05) is 17.8 Å². The summed E-state index contributed by atoms with van der Waals surface area (Å²) in [5, 5.41) is 3.01. The minimum Gasteiger partial charge on any atom is -0.292 e. The zero-order valence-electron chi connectivity index (χ0n) is 12.1. The van der Waals surface area contributed by atoms with E-state index < -0.39 is 0 Å². The minimum atomic E-state index is -0.0586. The van der Waals surface area contributed by atoms with Crippen molar-refractivity contribution in [2.24, 2.45) is 0 Å². The highest BCUT2D eigenvalue weighted by Crippen LogP contribution is 2.36. The van der Waals surface area contributed by atoms with E-state index in [1.165, 1.54) is 23.1 Å². The quantitative estimate of drug-likeness (QED) is 0.404. The average molecular weight is 343 g/mol. The van der Waals surface area contributed by atoms with Crippen LogP contribution < -0.4 is 5.56 Å². The van der Waals surface area contributed by atoms with Gasteiger partial charge in [-0.05, 0) is 36.4 Å². The van der Waals surface area contributed by atoms with Crippen molar-refractivity contribution in [2.45, 2.75) is 24.0 Å². The van der Waals surface area contributed by atoms with Gasteiger partial charge in [-0.15, -0.1) is 11.3 Å². The van der Waals surface area contributed by atoms with E-state index in [4.69, 9.17) is 0 Å². The van der Waals surface area contributed by atoms with E-state index in [0.717, 1.165) is 17.7 Å². The molecule has 0 unspecified atom stereocenters. The van der Waals surface area contributed by atoms with Gasteiger partial charge in [0, 0.05) is 12.2 Å². The van der Waals surface area contributed by atoms with Crippen molar-refractivity contribution in [2.75, 3.05) is 5.75 Å². The van der Waals surface area contributed by atoms with Crippen LogP contribution in [0.3, 0.4) is 0 Å². The maximum Gasteiger partial charge on any atom is 0.263 e. The molecule has 1 saturated carbocycles. The van der Waals surface area contributed by atoms with E-state index in [0.29, 0.717) is 16.2 Å². The van der Waals surface area contributed by atoms with E-state index in [-0.39, 0.29) is 23.1 Å². The van der Waals surface area contributed by atoms with Gasteiger partial charge in [0.1, 0.15) is 0 Å². The molecule has 4 rings (SSSR count). The third-order valence-electron chi connectivity index (χ3n) is 3.68. The van der Waals surface area contributed by atoms with Crippen LogP contribution in [0.1, 0.15) is 28.6 Å². The Balaban J connectivity index is 1.69. The van der Waals surface area contributed by atoms with E-state index in [9.17, 15) is 9.59 Å². The second-order valence-corrected chi connectivity index (χ2v) is 7.25. The largest absolute Gasteiger partial charge is 0.292 e. The molecule has 1 aliphatic carbocycles. The van der Waals surface area contributed by atoms with Crippen LogP contribution >= 0.6 is 23.1 Å². The van der Waals surface area contributed by atoms with Crippen molar-refractivity contribution in [3.63, 3.8) is 0 Å². The smallest absolute Gasteiger partial charge is 0.263 e. The van der Waals surface area contributed by atoms with Crippen molar-refractivity contribution in [1.82, 2.24) is 14.5 Å². The summed E-state index contributed by atoms with van der Waals surface area (Å²) in [5.74, 6) is 0.334. The van der Waals surface area contributed by atoms with Gasteiger partial charge < -0.3 is 0 Å². The lowest BCUT2D eigenvalue weighted by Crippen LogP contribution is -2.23. The molecule has 0 saturated heterocycles. The Labute approximate surface area is 140 Å². The number of ketones is 1. The number of hydrogen-bond acceptors (Lipinski definition) is 6. The molecule has 0 bridgehead atoms. The van der Waals surface area contributed by atoms with E-state index in [1.54, 1.807) is 22.9 Å². The lowest BCUT2D eigenvalue weighted by atomic mass is 10.3. The average Bonchev–Trinajstić information content (AvgIpc) is 3.24. The number of rotatable bonds is 5. The maximum absolute atomic E-state index is 12.7. The molecule has 23 heavy (non-hydrogen) atoms. The first kappa shape index (κ1) is 14.6. The standard InChI is InChI=1S/C16H13N3O2S2/c20-12(13-4-2-8-22-13)9-23-16-18-14-11(3-1-7-17-14)15(21)19(16)10-5-6-10/h1-4,7-8,10H,5-6,9H2. The first-order valence-corrected chi connectivity index (χ1v) is 9.17. The van der Waals surface area contributed by atoms with Gasteiger partial charge in [-0.3, -0.25) is 14.2 Å². The van der Waals surface area contributed by atoms with Gasteiger partial charge in [0.25, 0.3) is 5.56 Å². The molecule has 0 aromatic carbocycles. The second-order valence-electron chi connectivity index (χ2n) is 5.36. The summed E-state index contributed by atoms with van der Waals surface area (Å²) >= 11 is 2.75. The van der Waals surface area contributed by atoms with Crippen LogP contribution in [0.15, 0.2) is 45.8 Å². The van der Waals surface area contributed by atoms with Crippen LogP contribution in [0.5, 0.6) is 0 Å². The number of nitrogens with zero attached hydrogens (tertiary/aromatic N) is 3. The van der Waals surface area contributed by atoms with E-state index in [1.807, 2.05) is 17.5 Å². The number of thioether (sulfide) groups is 1. The summed E-state index contributed by atoms with van der Waals surface area (Å²) in [6.45, 7) is 0. The molecular formula is C16H13N3O2S2. The first-order chi connectivity index (χ1) is 11.2. The van der Waals surface area contributed by atoms with Crippen LogP contribution in [0, 0.1) is 0 Å². The Morgan fingerprint density at radius 2 is 2.22 bits per heavy atom. The lowest BCUT2D eigenvalue weighted by Gasteiger charge is -2.11. The Kier molecular flexibility index (Phi) is 3.74. The minimum absolute atomic E-state index is 0.0581. The fourth-order valence-corrected chi connectivity index (χ4v) is 4.10. The van der Waals surface area contributed by atoms with Crippen LogP contribution in [-0.4, -0.2) is 26.1 Å². The molecule has 7 heteroatoms. The van der Waals surface area contributed by atoms with Crippen molar-refractivity contribution in [3.8, 4) is 0 Å². The molecule has 3 heterocycles. The first-order valence-electron chi connectivity index (χ1n) is 7.31. The number of fused-ring (bicyclic) bond motifs is 1. The molecule has 5 nitrogen and oxygen atoms in total. The highest BCUT2D eigenvalue weighted by molar-refractivity contribution is 7.99. The van der Waals surface area contributed by atoms with Crippen LogP contribution in [0.25, 0.3) is 11.0 Å². The monoisotopic (exact) mass is 343 g/mol.